The van der Waals surface area contributed by atoms with E-state index in [0.717, 1.165) is 5.52 Å². The molecule has 27 heavy (non-hydrogen) atoms. The van der Waals surface area contributed by atoms with Crippen LogP contribution in [0, 0.1) is 0 Å². The number of hydrogen-bond acceptors (Lipinski definition) is 5. The Morgan fingerprint density at radius 2 is 1.89 bits per heavy atom. The quantitative estimate of drug-likeness (QED) is 0.714. The summed E-state index contributed by atoms with van der Waals surface area (Å²) in [5, 5.41) is 21.2. The van der Waals surface area contributed by atoms with Crippen LogP contribution in [0.25, 0.3) is 11.0 Å². The van der Waals surface area contributed by atoms with E-state index in [1.54, 1.807) is 23.0 Å². The van der Waals surface area contributed by atoms with Gasteiger partial charge < -0.3 is 23.9 Å². The zero-order valence-corrected chi connectivity index (χ0v) is 18.6. The van der Waals surface area contributed by atoms with Crippen molar-refractivity contribution in [2.45, 2.75) is 63.4 Å². The summed E-state index contributed by atoms with van der Waals surface area (Å²) in [7, 11) is -2.20. The van der Waals surface area contributed by atoms with Crippen molar-refractivity contribution in [1.29, 1.82) is 0 Å². The summed E-state index contributed by atoms with van der Waals surface area (Å²) in [6, 6.07) is 3.41. The fourth-order valence-corrected chi connectivity index (χ4v) is 4.57. The van der Waals surface area contributed by atoms with Crippen molar-refractivity contribution in [3.05, 3.63) is 28.5 Å². The second-order valence-corrected chi connectivity index (χ2v) is 14.1. The molecule has 0 bridgehead atoms. The van der Waals surface area contributed by atoms with Crippen LogP contribution in [0.4, 0.5) is 0 Å². The highest BCUT2D eigenvalue weighted by Crippen LogP contribution is 2.42. The first kappa shape index (κ1) is 21.0. The monoisotopic (exact) mass is 432 g/mol. The molecule has 0 spiro atoms. The number of benzene rings is 1. The molecule has 0 radical (unpaired) electrons. The van der Waals surface area contributed by atoms with E-state index in [-0.39, 0.29) is 11.6 Å². The summed E-state index contributed by atoms with van der Waals surface area (Å²) >= 11 is 12.3. The number of fused-ring (bicyclic) bond motifs is 1. The molecule has 1 aromatic carbocycles. The van der Waals surface area contributed by atoms with Crippen LogP contribution in [-0.4, -0.2) is 53.0 Å². The molecule has 2 heterocycles. The molecule has 1 fully saturated rings. The minimum Gasteiger partial charge on any atom is -0.407 e. The molecule has 2 N–H and O–H groups in total. The number of rotatable bonds is 4. The van der Waals surface area contributed by atoms with E-state index in [4.69, 9.17) is 32.4 Å². The summed E-state index contributed by atoms with van der Waals surface area (Å²) in [5.74, 6) is 0. The van der Waals surface area contributed by atoms with Crippen LogP contribution in [0.15, 0.2) is 18.5 Å². The van der Waals surface area contributed by atoms with Crippen LogP contribution in [0.1, 0.15) is 27.0 Å². The van der Waals surface area contributed by atoms with Gasteiger partial charge in [-0.1, -0.05) is 44.0 Å². The van der Waals surface area contributed by atoms with Gasteiger partial charge in [0.25, 0.3) is 0 Å². The Balaban J connectivity index is 2.03. The minimum atomic E-state index is -2.20. The van der Waals surface area contributed by atoms with Crippen molar-refractivity contribution >= 4 is 42.6 Å². The van der Waals surface area contributed by atoms with Gasteiger partial charge in [0.2, 0.25) is 0 Å². The van der Waals surface area contributed by atoms with E-state index >= 15 is 0 Å². The lowest BCUT2D eigenvalue weighted by Crippen LogP contribution is -2.48. The molecule has 1 aliphatic rings. The van der Waals surface area contributed by atoms with Crippen molar-refractivity contribution in [2.24, 2.45) is 0 Å². The number of aromatic nitrogens is 2. The van der Waals surface area contributed by atoms with Gasteiger partial charge in [0, 0.05) is 0 Å². The number of nitrogens with zero attached hydrogens (tertiary/aromatic N) is 2. The first-order valence-corrected chi connectivity index (χ1v) is 12.6. The van der Waals surface area contributed by atoms with Gasteiger partial charge in [0.15, 0.2) is 14.5 Å². The smallest absolute Gasteiger partial charge is 0.192 e. The first-order chi connectivity index (χ1) is 12.5. The molecule has 0 saturated carbocycles. The number of aliphatic hydroxyl groups is 2. The maximum Gasteiger partial charge on any atom is 0.192 e. The summed E-state index contributed by atoms with van der Waals surface area (Å²) in [6.45, 7) is 10.3. The normalized spacial score (nSPS) is 26.9. The standard InChI is InChI=1S/C18H26Cl2N2O4Si/c1-18(2,3)27(4,5)26-16-15(24)14(8-23)25-17(16)22-9-21-12-6-10(19)11(20)7-13(12)22/h6-7,9,14-17,23-24H,8H2,1-5H3/t14-,15?,16?,17-/m1/s1. The van der Waals surface area contributed by atoms with E-state index in [1.165, 1.54) is 0 Å². The van der Waals surface area contributed by atoms with Gasteiger partial charge in [-0.3, -0.25) is 0 Å². The maximum absolute atomic E-state index is 10.7. The van der Waals surface area contributed by atoms with Crippen LogP contribution in [0.5, 0.6) is 0 Å². The number of halogens is 2. The zero-order valence-electron chi connectivity index (χ0n) is 16.1. The average molecular weight is 433 g/mol. The number of hydrogen-bond donors (Lipinski definition) is 2. The number of ether oxygens (including phenoxy) is 1. The highest BCUT2D eigenvalue weighted by molar-refractivity contribution is 6.74. The molecule has 6 nitrogen and oxygen atoms in total. The van der Waals surface area contributed by atoms with E-state index in [1.807, 2.05) is 0 Å². The van der Waals surface area contributed by atoms with Gasteiger partial charge in [-0.15, -0.1) is 0 Å². The molecular formula is C18H26Cl2N2O4Si. The Hall–Kier alpha value is -0.673. The third kappa shape index (κ3) is 3.79. The SMILES string of the molecule is CC(C)(C)[Si](C)(C)OC1C(O)[C@@H](CO)O[C@H]1n1cnc2cc(Cl)c(Cl)cc21. The van der Waals surface area contributed by atoms with Crippen LogP contribution in [0.3, 0.4) is 0 Å². The summed E-state index contributed by atoms with van der Waals surface area (Å²) in [5.41, 5.74) is 1.39. The Morgan fingerprint density at radius 3 is 2.48 bits per heavy atom. The van der Waals surface area contributed by atoms with E-state index < -0.39 is 32.9 Å². The lowest BCUT2D eigenvalue weighted by atomic mass is 10.1. The van der Waals surface area contributed by atoms with Gasteiger partial charge in [-0.05, 0) is 30.3 Å². The minimum absolute atomic E-state index is 0.0393. The van der Waals surface area contributed by atoms with Gasteiger partial charge in [0.05, 0.1) is 34.0 Å². The van der Waals surface area contributed by atoms with Crippen molar-refractivity contribution in [2.75, 3.05) is 6.61 Å². The first-order valence-electron chi connectivity index (χ1n) is 8.90. The van der Waals surface area contributed by atoms with Crippen LogP contribution >= 0.6 is 23.2 Å². The van der Waals surface area contributed by atoms with E-state index in [2.05, 4.69) is 38.8 Å². The third-order valence-electron chi connectivity index (χ3n) is 5.62. The Kier molecular flexibility index (Phi) is 5.69. The van der Waals surface area contributed by atoms with E-state index in [0.29, 0.717) is 15.6 Å². The zero-order chi connectivity index (χ0) is 20.1. The Bertz CT molecular complexity index is 837. The van der Waals surface area contributed by atoms with E-state index in [9.17, 15) is 10.2 Å². The molecule has 1 aromatic heterocycles. The molecule has 1 aliphatic heterocycles. The summed E-state index contributed by atoms with van der Waals surface area (Å²) in [4.78, 5) is 4.37. The van der Waals surface area contributed by atoms with Gasteiger partial charge in [-0.2, -0.15) is 0 Å². The number of aliphatic hydroxyl groups excluding tert-OH is 2. The van der Waals surface area contributed by atoms with Gasteiger partial charge in [0.1, 0.15) is 18.3 Å². The number of imidazole rings is 1. The topological polar surface area (TPSA) is 76.7 Å². The van der Waals surface area contributed by atoms with Crippen molar-refractivity contribution in [1.82, 2.24) is 9.55 Å². The fourth-order valence-electron chi connectivity index (χ4n) is 2.96. The molecule has 2 aromatic rings. The van der Waals surface area contributed by atoms with Crippen LogP contribution in [0.2, 0.25) is 28.2 Å². The second kappa shape index (κ2) is 7.30. The Labute approximate surface area is 170 Å². The molecule has 2 unspecified atom stereocenters. The van der Waals surface area contributed by atoms with Crippen molar-refractivity contribution in [3.63, 3.8) is 0 Å². The molecule has 1 saturated heterocycles. The van der Waals surface area contributed by atoms with Crippen LogP contribution in [-0.2, 0) is 9.16 Å². The van der Waals surface area contributed by atoms with Gasteiger partial charge in [-0.25, -0.2) is 4.98 Å². The largest absolute Gasteiger partial charge is 0.407 e. The molecule has 150 valence electrons. The molecule has 0 amide bonds. The fraction of sp³-hybridized carbons (Fsp3) is 0.611. The van der Waals surface area contributed by atoms with Gasteiger partial charge >= 0.3 is 0 Å². The van der Waals surface area contributed by atoms with Crippen molar-refractivity contribution < 1.29 is 19.4 Å². The molecule has 0 aliphatic carbocycles. The molecule has 3 rings (SSSR count). The predicted octanol–water partition coefficient (Wildman–Crippen LogP) is 3.98. The maximum atomic E-state index is 10.7. The third-order valence-corrected chi connectivity index (χ3v) is 10.8. The highest BCUT2D eigenvalue weighted by atomic mass is 35.5. The molecule has 9 heteroatoms. The predicted molar refractivity (Wildman–Crippen MR) is 109 cm³/mol. The highest BCUT2D eigenvalue weighted by Gasteiger charge is 2.50. The lowest BCUT2D eigenvalue weighted by Gasteiger charge is -2.40. The molecular weight excluding hydrogens is 407 g/mol. The van der Waals surface area contributed by atoms with Crippen molar-refractivity contribution in [3.8, 4) is 0 Å². The van der Waals surface area contributed by atoms with Crippen LogP contribution < -0.4 is 0 Å². The summed E-state index contributed by atoms with van der Waals surface area (Å²) < 4.78 is 14.2. The lowest BCUT2D eigenvalue weighted by molar-refractivity contribution is -0.0495. The Morgan fingerprint density at radius 1 is 1.26 bits per heavy atom. The summed E-state index contributed by atoms with van der Waals surface area (Å²) in [6.07, 6.45) is -1.32. The second-order valence-electron chi connectivity index (χ2n) is 8.49. The molecule has 4 atom stereocenters. The average Bonchev–Trinajstić information content (AvgIpc) is 3.08.